The minimum Gasteiger partial charge on any atom is -0.294 e. The molecule has 2 nitrogen and oxygen atoms in total. The molecule has 0 unspecified atom stereocenters. The van der Waals surface area contributed by atoms with Crippen molar-refractivity contribution in [1.82, 2.24) is 4.98 Å². The lowest BCUT2D eigenvalue weighted by Crippen LogP contribution is -2.05. The van der Waals surface area contributed by atoms with E-state index in [4.69, 9.17) is 0 Å². The maximum absolute atomic E-state index is 13.0. The van der Waals surface area contributed by atoms with E-state index in [2.05, 4.69) is 4.98 Å². The van der Waals surface area contributed by atoms with E-state index in [0.29, 0.717) is 11.1 Å². The number of nitrogens with zero attached hydrogens (tertiary/aromatic N) is 1. The van der Waals surface area contributed by atoms with Gasteiger partial charge in [0.05, 0.1) is 0 Å². The number of ketones is 1. The third-order valence-electron chi connectivity index (χ3n) is 2.52. The number of carbonyl (C=O) groups is 1. The van der Waals surface area contributed by atoms with E-state index in [1.807, 2.05) is 6.92 Å². The van der Waals surface area contributed by atoms with E-state index in [9.17, 15) is 13.6 Å². The summed E-state index contributed by atoms with van der Waals surface area (Å²) >= 11 is 0. The Morgan fingerprint density at radius 1 is 1.17 bits per heavy atom. The summed E-state index contributed by atoms with van der Waals surface area (Å²) in [6.07, 6.45) is 1.42. The third kappa shape index (κ3) is 2.97. The maximum atomic E-state index is 13.0. The number of hydrogen-bond acceptors (Lipinski definition) is 2. The smallest absolute Gasteiger partial charge is 0.168 e. The fraction of sp³-hybridized carbons (Fsp3) is 0.143. The highest BCUT2D eigenvalue weighted by molar-refractivity contribution is 5.97. The Bertz CT molecular complexity index is 559. The predicted molar refractivity (Wildman–Crippen MR) is 63.4 cm³/mol. The normalized spacial score (nSPS) is 10.4. The lowest BCUT2D eigenvalue weighted by Gasteiger charge is -2.02. The zero-order valence-electron chi connectivity index (χ0n) is 9.78. The van der Waals surface area contributed by atoms with Crippen molar-refractivity contribution in [3.8, 4) is 0 Å². The fourth-order valence-corrected chi connectivity index (χ4v) is 1.63. The SMILES string of the molecule is Cc1ccc(C(=O)Cc2cc(F)cc(F)c2)cn1. The van der Waals surface area contributed by atoms with Crippen LogP contribution in [0.4, 0.5) is 8.78 Å². The van der Waals surface area contributed by atoms with Crippen molar-refractivity contribution in [2.75, 3.05) is 0 Å². The zero-order valence-corrected chi connectivity index (χ0v) is 9.78. The zero-order chi connectivity index (χ0) is 13.1. The quantitative estimate of drug-likeness (QED) is 0.780. The molecule has 1 aromatic carbocycles. The van der Waals surface area contributed by atoms with Crippen LogP contribution in [0.3, 0.4) is 0 Å². The minimum atomic E-state index is -0.681. The van der Waals surface area contributed by atoms with Crippen LogP contribution in [0.25, 0.3) is 0 Å². The van der Waals surface area contributed by atoms with Crippen LogP contribution in [0.5, 0.6) is 0 Å². The lowest BCUT2D eigenvalue weighted by atomic mass is 10.0. The van der Waals surface area contributed by atoms with Crippen molar-refractivity contribution in [1.29, 1.82) is 0 Å². The number of Topliss-reactive ketones (excluding diaryl/α,β-unsaturated/α-hetero) is 1. The van der Waals surface area contributed by atoms with Crippen LogP contribution in [0.1, 0.15) is 21.6 Å². The number of aryl methyl sites for hydroxylation is 1. The van der Waals surface area contributed by atoms with E-state index in [1.54, 1.807) is 12.1 Å². The maximum Gasteiger partial charge on any atom is 0.168 e. The number of hydrogen-bond donors (Lipinski definition) is 0. The average Bonchev–Trinajstić information content (AvgIpc) is 2.28. The van der Waals surface area contributed by atoms with Crippen molar-refractivity contribution >= 4 is 5.78 Å². The molecular weight excluding hydrogens is 236 g/mol. The molecule has 0 atom stereocenters. The topological polar surface area (TPSA) is 30.0 Å². The highest BCUT2D eigenvalue weighted by Gasteiger charge is 2.09. The number of benzene rings is 1. The molecule has 1 aromatic heterocycles. The second kappa shape index (κ2) is 5.04. The molecular formula is C14H11F2NO. The van der Waals surface area contributed by atoms with Gasteiger partial charge in [-0.3, -0.25) is 9.78 Å². The Hall–Kier alpha value is -2.10. The van der Waals surface area contributed by atoms with Gasteiger partial charge in [-0.05, 0) is 36.8 Å². The molecule has 0 spiro atoms. The first kappa shape index (κ1) is 12.4. The molecule has 2 rings (SSSR count). The summed E-state index contributed by atoms with van der Waals surface area (Å²) in [6, 6.07) is 6.46. The second-order valence-corrected chi connectivity index (χ2v) is 4.07. The van der Waals surface area contributed by atoms with Gasteiger partial charge in [0.25, 0.3) is 0 Å². The van der Waals surface area contributed by atoms with Gasteiger partial charge >= 0.3 is 0 Å². The molecule has 0 bridgehead atoms. The van der Waals surface area contributed by atoms with Gasteiger partial charge in [0.1, 0.15) is 11.6 Å². The van der Waals surface area contributed by atoms with E-state index < -0.39 is 11.6 Å². The van der Waals surface area contributed by atoms with E-state index >= 15 is 0 Å². The number of rotatable bonds is 3. The fourth-order valence-electron chi connectivity index (χ4n) is 1.63. The monoisotopic (exact) mass is 247 g/mol. The average molecular weight is 247 g/mol. The standard InChI is InChI=1S/C14H11F2NO/c1-9-2-3-11(8-17-9)14(18)6-10-4-12(15)7-13(16)5-10/h2-5,7-8H,6H2,1H3. The first-order valence-electron chi connectivity index (χ1n) is 5.45. The lowest BCUT2D eigenvalue weighted by molar-refractivity contribution is 0.0992. The van der Waals surface area contributed by atoms with Gasteiger partial charge in [-0.25, -0.2) is 8.78 Å². The van der Waals surface area contributed by atoms with Gasteiger partial charge in [0.2, 0.25) is 0 Å². The van der Waals surface area contributed by atoms with Gasteiger partial charge in [-0.15, -0.1) is 0 Å². The van der Waals surface area contributed by atoms with Crippen LogP contribution in [-0.2, 0) is 6.42 Å². The van der Waals surface area contributed by atoms with Crippen LogP contribution in [0.2, 0.25) is 0 Å². The Morgan fingerprint density at radius 3 is 2.39 bits per heavy atom. The Labute approximate surface area is 103 Å². The molecule has 0 saturated heterocycles. The molecule has 0 saturated carbocycles. The summed E-state index contributed by atoms with van der Waals surface area (Å²) in [5.74, 6) is -1.58. The van der Waals surface area contributed by atoms with Crippen LogP contribution >= 0.6 is 0 Å². The number of aromatic nitrogens is 1. The molecule has 1 heterocycles. The van der Waals surface area contributed by atoms with Gasteiger partial charge in [0.15, 0.2) is 5.78 Å². The first-order chi connectivity index (χ1) is 8.54. The molecule has 0 radical (unpaired) electrons. The van der Waals surface area contributed by atoms with E-state index in [0.717, 1.165) is 23.9 Å². The predicted octanol–water partition coefficient (Wildman–Crippen LogP) is 3.09. The summed E-state index contributed by atoms with van der Waals surface area (Å²) in [7, 11) is 0. The van der Waals surface area contributed by atoms with Crippen LogP contribution in [-0.4, -0.2) is 10.8 Å². The summed E-state index contributed by atoms with van der Waals surface area (Å²) in [5.41, 5.74) is 1.56. The Kier molecular flexibility index (Phi) is 3.46. The highest BCUT2D eigenvalue weighted by Crippen LogP contribution is 2.11. The van der Waals surface area contributed by atoms with Crippen molar-refractivity contribution in [2.24, 2.45) is 0 Å². The van der Waals surface area contributed by atoms with Gasteiger partial charge < -0.3 is 0 Å². The largest absolute Gasteiger partial charge is 0.294 e. The van der Waals surface area contributed by atoms with Crippen LogP contribution in [0, 0.1) is 18.6 Å². The summed E-state index contributed by atoms with van der Waals surface area (Å²) in [6.45, 7) is 1.82. The molecule has 18 heavy (non-hydrogen) atoms. The molecule has 0 amide bonds. The van der Waals surface area contributed by atoms with Gasteiger partial charge in [-0.2, -0.15) is 0 Å². The molecule has 0 fully saturated rings. The molecule has 4 heteroatoms. The van der Waals surface area contributed by atoms with Crippen LogP contribution < -0.4 is 0 Å². The molecule has 0 aliphatic rings. The highest BCUT2D eigenvalue weighted by atomic mass is 19.1. The molecule has 0 aliphatic carbocycles. The number of halogens is 2. The molecule has 0 N–H and O–H groups in total. The van der Waals surface area contributed by atoms with Crippen molar-refractivity contribution in [3.63, 3.8) is 0 Å². The first-order valence-corrected chi connectivity index (χ1v) is 5.45. The Morgan fingerprint density at radius 2 is 1.83 bits per heavy atom. The summed E-state index contributed by atoms with van der Waals surface area (Å²) in [4.78, 5) is 15.9. The summed E-state index contributed by atoms with van der Waals surface area (Å²) < 4.78 is 25.9. The van der Waals surface area contributed by atoms with Crippen molar-refractivity contribution in [2.45, 2.75) is 13.3 Å². The molecule has 0 aliphatic heterocycles. The van der Waals surface area contributed by atoms with Crippen molar-refractivity contribution < 1.29 is 13.6 Å². The minimum absolute atomic E-state index is 0.0422. The van der Waals surface area contributed by atoms with E-state index in [-0.39, 0.29) is 12.2 Å². The second-order valence-electron chi connectivity index (χ2n) is 4.07. The van der Waals surface area contributed by atoms with Gasteiger partial charge in [-0.1, -0.05) is 0 Å². The summed E-state index contributed by atoms with van der Waals surface area (Å²) in [5, 5.41) is 0. The van der Waals surface area contributed by atoms with Crippen LogP contribution in [0.15, 0.2) is 36.5 Å². The van der Waals surface area contributed by atoms with Crippen molar-refractivity contribution in [3.05, 3.63) is 65.0 Å². The van der Waals surface area contributed by atoms with Gasteiger partial charge in [0, 0.05) is 29.9 Å². The molecule has 92 valence electrons. The third-order valence-corrected chi connectivity index (χ3v) is 2.52. The Balaban J connectivity index is 2.18. The number of carbonyl (C=O) groups excluding carboxylic acids is 1. The number of pyridine rings is 1. The molecule has 2 aromatic rings. The van der Waals surface area contributed by atoms with E-state index in [1.165, 1.54) is 6.20 Å².